The Labute approximate surface area is 131 Å². The van der Waals surface area contributed by atoms with Crippen molar-refractivity contribution >= 4 is 21.7 Å². The smallest absolute Gasteiger partial charge is 0.141 e. The summed E-state index contributed by atoms with van der Waals surface area (Å²) >= 11 is 3.52. The highest BCUT2D eigenvalue weighted by Gasteiger charge is 2.31. The fraction of sp³-hybridized carbons (Fsp3) is 0.375. The molecule has 1 fully saturated rings. The lowest BCUT2D eigenvalue weighted by molar-refractivity contribution is 0.257. The number of hydrogen-bond acceptors (Lipinski definition) is 4. The van der Waals surface area contributed by atoms with Crippen molar-refractivity contribution < 1.29 is 4.74 Å². The summed E-state index contributed by atoms with van der Waals surface area (Å²) in [4.78, 5) is 9.25. The van der Waals surface area contributed by atoms with Gasteiger partial charge in [0.2, 0.25) is 0 Å². The van der Waals surface area contributed by atoms with E-state index in [0.29, 0.717) is 18.3 Å². The van der Waals surface area contributed by atoms with Gasteiger partial charge >= 0.3 is 0 Å². The number of benzene rings is 1. The molecule has 2 aliphatic rings. The highest BCUT2D eigenvalue weighted by atomic mass is 79.9. The summed E-state index contributed by atoms with van der Waals surface area (Å²) in [5.74, 6) is 3.04. The van der Waals surface area contributed by atoms with Crippen LogP contribution >= 0.6 is 15.9 Å². The van der Waals surface area contributed by atoms with Crippen molar-refractivity contribution in [3.05, 3.63) is 45.8 Å². The minimum atomic E-state index is 0.174. The van der Waals surface area contributed by atoms with Gasteiger partial charge in [0.05, 0.1) is 22.7 Å². The number of aromatic nitrogens is 2. The Balaban J connectivity index is 1.68. The topological polar surface area (TPSA) is 61.0 Å². The van der Waals surface area contributed by atoms with E-state index in [4.69, 9.17) is 15.5 Å². The Bertz CT molecular complexity index is 700. The van der Waals surface area contributed by atoms with E-state index in [1.54, 1.807) is 0 Å². The molecule has 0 spiro atoms. The first-order valence-corrected chi connectivity index (χ1v) is 8.05. The molecule has 1 atom stereocenters. The molecule has 1 aliphatic heterocycles. The van der Waals surface area contributed by atoms with Crippen molar-refractivity contribution in [1.82, 2.24) is 9.97 Å². The molecule has 1 aromatic carbocycles. The number of nitrogens with zero attached hydrogens (tertiary/aromatic N) is 2. The third kappa shape index (κ3) is 2.39. The van der Waals surface area contributed by atoms with Crippen LogP contribution in [-0.2, 0) is 6.42 Å². The average Bonchev–Trinajstić information content (AvgIpc) is 3.34. The number of halogens is 1. The van der Waals surface area contributed by atoms with Crippen molar-refractivity contribution in [2.45, 2.75) is 31.1 Å². The number of anilines is 1. The molecule has 0 amide bonds. The van der Waals surface area contributed by atoms with Crippen LogP contribution in [0.1, 0.15) is 41.8 Å². The molecule has 2 heterocycles. The van der Waals surface area contributed by atoms with Crippen molar-refractivity contribution in [3.8, 4) is 5.75 Å². The predicted molar refractivity (Wildman–Crippen MR) is 84.5 cm³/mol. The van der Waals surface area contributed by atoms with E-state index in [1.165, 1.54) is 18.4 Å². The Morgan fingerprint density at radius 2 is 1.95 bits per heavy atom. The van der Waals surface area contributed by atoms with Gasteiger partial charge < -0.3 is 10.5 Å². The number of nitrogen functional groups attached to an aromatic ring is 1. The normalized spacial score (nSPS) is 20.7. The van der Waals surface area contributed by atoms with Crippen LogP contribution in [0.25, 0.3) is 0 Å². The zero-order valence-corrected chi connectivity index (χ0v) is 13.1. The van der Waals surface area contributed by atoms with E-state index in [0.717, 1.165) is 28.2 Å². The zero-order valence-electron chi connectivity index (χ0n) is 11.6. The first kappa shape index (κ1) is 13.1. The lowest BCUT2D eigenvalue weighted by Gasteiger charge is -2.24. The quantitative estimate of drug-likeness (QED) is 0.905. The van der Waals surface area contributed by atoms with E-state index in [2.05, 4.69) is 27.0 Å². The van der Waals surface area contributed by atoms with Crippen molar-refractivity contribution in [2.75, 3.05) is 12.3 Å². The summed E-state index contributed by atoms with van der Waals surface area (Å²) in [6.45, 7) is 0.613. The minimum Gasteiger partial charge on any atom is -0.493 e. The van der Waals surface area contributed by atoms with Gasteiger partial charge in [-0.05, 0) is 46.8 Å². The van der Waals surface area contributed by atoms with Gasteiger partial charge in [-0.15, -0.1) is 0 Å². The predicted octanol–water partition coefficient (Wildman–Crippen LogP) is 3.42. The van der Waals surface area contributed by atoms with Crippen LogP contribution in [0.2, 0.25) is 0 Å². The molecule has 5 heteroatoms. The maximum absolute atomic E-state index is 6.05. The van der Waals surface area contributed by atoms with Crippen LogP contribution in [0.4, 0.5) is 5.82 Å². The van der Waals surface area contributed by atoms with E-state index >= 15 is 0 Å². The number of hydrogen-bond donors (Lipinski definition) is 1. The highest BCUT2D eigenvalue weighted by Crippen LogP contribution is 2.44. The van der Waals surface area contributed by atoms with Gasteiger partial charge in [0, 0.05) is 5.92 Å². The first-order valence-electron chi connectivity index (χ1n) is 7.26. The molecule has 2 aromatic rings. The van der Waals surface area contributed by atoms with Gasteiger partial charge in [0.1, 0.15) is 17.4 Å². The van der Waals surface area contributed by atoms with Crippen molar-refractivity contribution in [2.24, 2.45) is 0 Å². The Kier molecular flexibility index (Phi) is 3.10. The molecule has 0 bridgehead atoms. The number of nitrogens with two attached hydrogens (primary N) is 1. The van der Waals surface area contributed by atoms with Crippen LogP contribution in [0.3, 0.4) is 0 Å². The molecule has 0 saturated heterocycles. The minimum absolute atomic E-state index is 0.174. The van der Waals surface area contributed by atoms with Crippen molar-refractivity contribution in [1.29, 1.82) is 0 Å². The SMILES string of the molecule is Nc1nc(C2COc3ccccc3C2)nc(C2CC2)c1Br. The zero-order chi connectivity index (χ0) is 14.4. The van der Waals surface area contributed by atoms with Gasteiger partial charge in [0.15, 0.2) is 0 Å². The molecule has 0 radical (unpaired) electrons. The molecule has 1 saturated carbocycles. The molecule has 21 heavy (non-hydrogen) atoms. The molecular weight excluding hydrogens is 330 g/mol. The van der Waals surface area contributed by atoms with Gasteiger partial charge in [0.25, 0.3) is 0 Å². The summed E-state index contributed by atoms with van der Waals surface area (Å²) in [6.07, 6.45) is 3.29. The summed E-state index contributed by atoms with van der Waals surface area (Å²) < 4.78 is 6.71. The van der Waals surface area contributed by atoms with E-state index in [-0.39, 0.29) is 5.92 Å². The molecule has 4 nitrogen and oxygen atoms in total. The highest BCUT2D eigenvalue weighted by molar-refractivity contribution is 9.10. The summed E-state index contributed by atoms with van der Waals surface area (Å²) in [5.41, 5.74) is 8.33. The van der Waals surface area contributed by atoms with Crippen molar-refractivity contribution in [3.63, 3.8) is 0 Å². The number of para-hydroxylation sites is 1. The first-order chi connectivity index (χ1) is 10.2. The molecule has 2 N–H and O–H groups in total. The van der Waals surface area contributed by atoms with Crippen LogP contribution in [0, 0.1) is 0 Å². The summed E-state index contributed by atoms with van der Waals surface area (Å²) in [6, 6.07) is 8.15. The monoisotopic (exact) mass is 345 g/mol. The van der Waals surface area contributed by atoms with E-state index in [9.17, 15) is 0 Å². The third-order valence-electron chi connectivity index (χ3n) is 4.13. The second kappa shape index (κ2) is 4.98. The van der Waals surface area contributed by atoms with E-state index in [1.807, 2.05) is 18.2 Å². The van der Waals surface area contributed by atoms with Crippen LogP contribution in [0.15, 0.2) is 28.7 Å². The Hall–Kier alpha value is -1.62. The van der Waals surface area contributed by atoms with Gasteiger partial charge in [-0.3, -0.25) is 0 Å². The fourth-order valence-corrected chi connectivity index (χ4v) is 3.31. The maximum Gasteiger partial charge on any atom is 0.141 e. The fourth-order valence-electron chi connectivity index (χ4n) is 2.80. The summed E-state index contributed by atoms with van der Waals surface area (Å²) in [5, 5.41) is 0. The second-order valence-electron chi connectivity index (χ2n) is 5.76. The number of ether oxygens (including phenoxy) is 1. The Morgan fingerprint density at radius 3 is 2.76 bits per heavy atom. The van der Waals surface area contributed by atoms with Gasteiger partial charge in [-0.25, -0.2) is 9.97 Å². The molecule has 1 unspecified atom stereocenters. The standard InChI is InChI=1S/C16H16BrN3O/c17-13-14(9-5-6-9)19-16(20-15(13)18)11-7-10-3-1-2-4-12(10)21-8-11/h1-4,9,11H,5-8H2,(H2,18,19,20). The lowest BCUT2D eigenvalue weighted by Crippen LogP contribution is -2.22. The molecular formula is C16H16BrN3O. The average molecular weight is 346 g/mol. The van der Waals surface area contributed by atoms with E-state index < -0.39 is 0 Å². The largest absolute Gasteiger partial charge is 0.493 e. The molecule has 4 rings (SSSR count). The van der Waals surface area contributed by atoms with Crippen LogP contribution in [-0.4, -0.2) is 16.6 Å². The lowest BCUT2D eigenvalue weighted by atomic mass is 9.96. The number of fused-ring (bicyclic) bond motifs is 1. The Morgan fingerprint density at radius 1 is 1.14 bits per heavy atom. The molecule has 1 aliphatic carbocycles. The molecule has 108 valence electrons. The third-order valence-corrected chi connectivity index (χ3v) is 4.94. The summed E-state index contributed by atoms with van der Waals surface area (Å²) in [7, 11) is 0. The van der Waals surface area contributed by atoms with Gasteiger partial charge in [-0.2, -0.15) is 0 Å². The van der Waals surface area contributed by atoms with Crippen LogP contribution in [0.5, 0.6) is 5.75 Å². The number of rotatable bonds is 2. The second-order valence-corrected chi connectivity index (χ2v) is 6.55. The van der Waals surface area contributed by atoms with Crippen LogP contribution < -0.4 is 10.5 Å². The molecule has 1 aromatic heterocycles. The van der Waals surface area contributed by atoms with Gasteiger partial charge in [-0.1, -0.05) is 18.2 Å². The maximum atomic E-state index is 6.05.